The number of rotatable bonds is 9. The summed E-state index contributed by atoms with van der Waals surface area (Å²) in [4.78, 5) is 2.41. The molecule has 0 aliphatic heterocycles. The van der Waals surface area contributed by atoms with Gasteiger partial charge in [-0.25, -0.2) is 0 Å². The smallest absolute Gasteiger partial charge is 0.105 e. The monoisotopic (exact) mass is 285 g/mol. The molecule has 0 amide bonds. The molecule has 3 heteroatoms. The fraction of sp³-hybridized carbons (Fsp3) is 0.611. The van der Waals surface area contributed by atoms with Gasteiger partial charge in [0, 0.05) is 24.8 Å². The fourth-order valence-electron chi connectivity index (χ4n) is 2.55. The minimum Gasteiger partial charge on any atom is -0.371 e. The molecule has 0 spiro atoms. The van der Waals surface area contributed by atoms with E-state index < -0.39 is 5.54 Å². The maximum atomic E-state index is 9.49. The molecule has 1 aliphatic rings. The first-order chi connectivity index (χ1) is 10.2. The SMILES string of the molecule is CCCCN(CCC(C)(C#N)NC1CC1)c1ccccc1. The van der Waals surface area contributed by atoms with Crippen LogP contribution in [0.4, 0.5) is 5.69 Å². The zero-order valence-electron chi connectivity index (χ0n) is 13.3. The summed E-state index contributed by atoms with van der Waals surface area (Å²) < 4.78 is 0. The van der Waals surface area contributed by atoms with E-state index in [0.717, 1.165) is 19.5 Å². The summed E-state index contributed by atoms with van der Waals surface area (Å²) in [5.41, 5.74) is 0.859. The minimum atomic E-state index is -0.402. The van der Waals surface area contributed by atoms with Crippen molar-refractivity contribution in [2.24, 2.45) is 0 Å². The van der Waals surface area contributed by atoms with Crippen molar-refractivity contribution in [2.75, 3.05) is 18.0 Å². The lowest BCUT2D eigenvalue weighted by Crippen LogP contribution is -2.45. The number of unbranched alkanes of at least 4 members (excludes halogenated alkanes) is 1. The topological polar surface area (TPSA) is 39.1 Å². The lowest BCUT2D eigenvalue weighted by Gasteiger charge is -2.30. The van der Waals surface area contributed by atoms with Gasteiger partial charge in [-0.3, -0.25) is 5.32 Å². The second-order valence-corrected chi connectivity index (χ2v) is 6.29. The number of hydrogen-bond acceptors (Lipinski definition) is 3. The molecule has 1 N–H and O–H groups in total. The van der Waals surface area contributed by atoms with Crippen LogP contribution in [-0.4, -0.2) is 24.7 Å². The molecule has 0 radical (unpaired) electrons. The van der Waals surface area contributed by atoms with Gasteiger partial charge in [0.25, 0.3) is 0 Å². The van der Waals surface area contributed by atoms with E-state index in [2.05, 4.69) is 53.5 Å². The Labute approximate surface area is 129 Å². The van der Waals surface area contributed by atoms with Gasteiger partial charge >= 0.3 is 0 Å². The highest BCUT2D eigenvalue weighted by atomic mass is 15.1. The van der Waals surface area contributed by atoms with Crippen molar-refractivity contribution in [2.45, 2.75) is 57.5 Å². The Morgan fingerprint density at radius 2 is 2.00 bits per heavy atom. The van der Waals surface area contributed by atoms with Crippen LogP contribution in [0.3, 0.4) is 0 Å². The molecule has 2 rings (SSSR count). The molecule has 114 valence electrons. The Bertz CT molecular complexity index is 461. The summed E-state index contributed by atoms with van der Waals surface area (Å²) in [6.07, 6.45) is 5.68. The maximum absolute atomic E-state index is 9.49. The highest BCUT2D eigenvalue weighted by Crippen LogP contribution is 2.24. The van der Waals surface area contributed by atoms with Crippen molar-refractivity contribution < 1.29 is 0 Å². The van der Waals surface area contributed by atoms with Gasteiger partial charge in [0.2, 0.25) is 0 Å². The molecule has 1 atom stereocenters. The number of anilines is 1. The van der Waals surface area contributed by atoms with E-state index in [1.165, 1.54) is 31.4 Å². The number of hydrogen-bond donors (Lipinski definition) is 1. The normalized spacial score (nSPS) is 17.0. The third-order valence-corrected chi connectivity index (χ3v) is 4.13. The van der Waals surface area contributed by atoms with Crippen LogP contribution >= 0.6 is 0 Å². The molecule has 1 aromatic carbocycles. The van der Waals surface area contributed by atoms with Gasteiger partial charge in [0.1, 0.15) is 5.54 Å². The lowest BCUT2D eigenvalue weighted by molar-refractivity contribution is 0.413. The molecule has 1 unspecified atom stereocenters. The predicted octanol–water partition coefficient (Wildman–Crippen LogP) is 3.72. The fourth-order valence-corrected chi connectivity index (χ4v) is 2.55. The van der Waals surface area contributed by atoms with Crippen LogP contribution in [0.25, 0.3) is 0 Å². The molecule has 3 nitrogen and oxygen atoms in total. The van der Waals surface area contributed by atoms with E-state index in [1.807, 2.05) is 6.92 Å². The van der Waals surface area contributed by atoms with Crippen LogP contribution in [-0.2, 0) is 0 Å². The van der Waals surface area contributed by atoms with E-state index in [4.69, 9.17) is 0 Å². The Kier molecular flexibility index (Phi) is 5.64. The zero-order valence-corrected chi connectivity index (χ0v) is 13.3. The maximum Gasteiger partial charge on any atom is 0.105 e. The van der Waals surface area contributed by atoms with Crippen LogP contribution in [0.1, 0.15) is 46.0 Å². The Morgan fingerprint density at radius 1 is 1.29 bits per heavy atom. The second-order valence-electron chi connectivity index (χ2n) is 6.29. The molecule has 1 fully saturated rings. The van der Waals surface area contributed by atoms with E-state index in [-0.39, 0.29) is 0 Å². The summed E-state index contributed by atoms with van der Waals surface area (Å²) in [5, 5.41) is 13.0. The average molecular weight is 285 g/mol. The molecule has 0 bridgehead atoms. The molecule has 1 aliphatic carbocycles. The molecule has 21 heavy (non-hydrogen) atoms. The van der Waals surface area contributed by atoms with E-state index in [9.17, 15) is 5.26 Å². The summed E-state index contributed by atoms with van der Waals surface area (Å²) in [7, 11) is 0. The number of benzene rings is 1. The second kappa shape index (κ2) is 7.47. The van der Waals surface area contributed by atoms with Crippen LogP contribution < -0.4 is 10.2 Å². The van der Waals surface area contributed by atoms with Gasteiger partial charge in [-0.15, -0.1) is 0 Å². The van der Waals surface area contributed by atoms with Gasteiger partial charge < -0.3 is 4.90 Å². The first-order valence-electron chi connectivity index (χ1n) is 8.16. The van der Waals surface area contributed by atoms with Gasteiger partial charge in [0.15, 0.2) is 0 Å². The summed E-state index contributed by atoms with van der Waals surface area (Å²) in [6, 6.07) is 13.6. The van der Waals surface area contributed by atoms with Gasteiger partial charge in [-0.2, -0.15) is 5.26 Å². The standard InChI is InChI=1S/C18H27N3/c1-3-4-13-21(17-8-6-5-7-9-17)14-12-18(2,15-19)20-16-10-11-16/h5-9,16,20H,3-4,10-14H2,1-2H3. The van der Waals surface area contributed by atoms with Crippen molar-refractivity contribution in [3.63, 3.8) is 0 Å². The third kappa shape index (κ3) is 5.06. The quantitative estimate of drug-likeness (QED) is 0.751. The summed E-state index contributed by atoms with van der Waals surface area (Å²) in [5.74, 6) is 0. The molecule has 1 aromatic rings. The Hall–Kier alpha value is -1.53. The first-order valence-corrected chi connectivity index (χ1v) is 8.16. The average Bonchev–Trinajstić information content (AvgIpc) is 3.32. The van der Waals surface area contributed by atoms with Crippen LogP contribution in [0.5, 0.6) is 0 Å². The number of para-hydroxylation sites is 1. The molecule has 0 heterocycles. The van der Waals surface area contributed by atoms with Crippen molar-refractivity contribution in [1.29, 1.82) is 5.26 Å². The minimum absolute atomic E-state index is 0.402. The van der Waals surface area contributed by atoms with Crippen LogP contribution in [0.2, 0.25) is 0 Å². The molecular formula is C18H27N3. The molecule has 1 saturated carbocycles. The summed E-state index contributed by atoms with van der Waals surface area (Å²) in [6.45, 7) is 6.24. The Balaban J connectivity index is 1.96. The zero-order chi connectivity index (χ0) is 15.1. The van der Waals surface area contributed by atoms with Crippen molar-refractivity contribution in [1.82, 2.24) is 5.32 Å². The largest absolute Gasteiger partial charge is 0.371 e. The van der Waals surface area contributed by atoms with Gasteiger partial charge in [0.05, 0.1) is 6.07 Å². The van der Waals surface area contributed by atoms with Gasteiger partial charge in [-0.1, -0.05) is 31.5 Å². The third-order valence-electron chi connectivity index (χ3n) is 4.13. The molecule has 0 aromatic heterocycles. The lowest BCUT2D eigenvalue weighted by atomic mass is 9.99. The van der Waals surface area contributed by atoms with Crippen LogP contribution in [0.15, 0.2) is 30.3 Å². The number of nitrogens with zero attached hydrogens (tertiary/aromatic N) is 2. The Morgan fingerprint density at radius 3 is 2.57 bits per heavy atom. The highest BCUT2D eigenvalue weighted by Gasteiger charge is 2.32. The number of nitrogens with one attached hydrogen (secondary N) is 1. The van der Waals surface area contributed by atoms with Crippen molar-refractivity contribution >= 4 is 5.69 Å². The molecular weight excluding hydrogens is 258 g/mol. The van der Waals surface area contributed by atoms with E-state index in [1.54, 1.807) is 0 Å². The first kappa shape index (κ1) is 15.9. The summed E-state index contributed by atoms with van der Waals surface area (Å²) >= 11 is 0. The predicted molar refractivity (Wildman–Crippen MR) is 88.4 cm³/mol. The van der Waals surface area contributed by atoms with Crippen molar-refractivity contribution in [3.8, 4) is 6.07 Å². The van der Waals surface area contributed by atoms with Crippen LogP contribution in [0, 0.1) is 11.3 Å². The highest BCUT2D eigenvalue weighted by molar-refractivity contribution is 5.46. The van der Waals surface area contributed by atoms with E-state index in [0.29, 0.717) is 6.04 Å². The van der Waals surface area contributed by atoms with Gasteiger partial charge in [-0.05, 0) is 44.7 Å². The molecule has 0 saturated heterocycles. The number of nitriles is 1. The van der Waals surface area contributed by atoms with Crippen molar-refractivity contribution in [3.05, 3.63) is 30.3 Å². The van der Waals surface area contributed by atoms with E-state index >= 15 is 0 Å².